The number of benzene rings is 1. The maximum Gasteiger partial charge on any atom is 0.191 e. The van der Waals surface area contributed by atoms with E-state index in [1.54, 1.807) is 0 Å². The van der Waals surface area contributed by atoms with E-state index in [4.69, 9.17) is 4.99 Å². The average molecular weight is 339 g/mol. The van der Waals surface area contributed by atoms with Crippen molar-refractivity contribution in [2.45, 2.75) is 40.7 Å². The lowest BCUT2D eigenvalue weighted by atomic mass is 10.2. The lowest BCUT2D eigenvalue weighted by molar-refractivity contribution is 0.798. The van der Waals surface area contributed by atoms with Gasteiger partial charge in [-0.1, -0.05) is 30.4 Å². The molecule has 0 aliphatic heterocycles. The van der Waals surface area contributed by atoms with Gasteiger partial charge in [-0.05, 0) is 51.8 Å². The predicted octanol–water partition coefficient (Wildman–Crippen LogP) is 3.51. The summed E-state index contributed by atoms with van der Waals surface area (Å²) in [6.45, 7) is 10.5. The zero-order chi connectivity index (χ0) is 18.1. The molecule has 2 N–H and O–H groups in total. The van der Waals surface area contributed by atoms with E-state index in [2.05, 4.69) is 59.9 Å². The molecule has 0 spiro atoms. The summed E-state index contributed by atoms with van der Waals surface area (Å²) < 4.78 is 1.99. The summed E-state index contributed by atoms with van der Waals surface area (Å²) in [5.41, 5.74) is 4.39. The summed E-state index contributed by atoms with van der Waals surface area (Å²) in [7, 11) is 0. The molecule has 0 aliphatic carbocycles. The predicted molar refractivity (Wildman–Crippen MR) is 105 cm³/mol. The molecule has 0 bridgehead atoms. The third kappa shape index (κ3) is 5.48. The summed E-state index contributed by atoms with van der Waals surface area (Å²) in [6.07, 6.45) is 5.20. The van der Waals surface area contributed by atoms with Crippen molar-refractivity contribution in [3.8, 4) is 5.69 Å². The Hall–Kier alpha value is -2.56. The average Bonchev–Trinajstić information content (AvgIpc) is 2.95. The molecule has 1 aromatic heterocycles. The zero-order valence-electron chi connectivity index (χ0n) is 15.7. The highest BCUT2D eigenvalue weighted by Gasteiger charge is 2.08. The Morgan fingerprint density at radius 2 is 2.04 bits per heavy atom. The summed E-state index contributed by atoms with van der Waals surface area (Å²) in [4.78, 5) is 4.73. The zero-order valence-corrected chi connectivity index (χ0v) is 15.7. The smallest absolute Gasteiger partial charge is 0.191 e. The number of nitrogens with zero attached hydrogens (tertiary/aromatic N) is 3. The number of rotatable bonds is 7. The Morgan fingerprint density at radius 3 is 2.72 bits per heavy atom. The van der Waals surface area contributed by atoms with E-state index in [1.165, 1.54) is 0 Å². The Labute approximate surface area is 150 Å². The fraction of sp³-hybridized carbons (Fsp3) is 0.400. The van der Waals surface area contributed by atoms with E-state index >= 15 is 0 Å². The lowest BCUT2D eigenvalue weighted by Crippen LogP contribution is -2.37. The molecule has 134 valence electrons. The molecule has 0 atom stereocenters. The molecule has 2 aromatic rings. The first-order valence-corrected chi connectivity index (χ1v) is 8.90. The van der Waals surface area contributed by atoms with Crippen molar-refractivity contribution in [1.82, 2.24) is 20.4 Å². The van der Waals surface area contributed by atoms with Crippen molar-refractivity contribution in [3.63, 3.8) is 0 Å². The van der Waals surface area contributed by atoms with E-state index in [0.29, 0.717) is 6.54 Å². The van der Waals surface area contributed by atoms with Crippen molar-refractivity contribution in [3.05, 3.63) is 59.4 Å². The quantitative estimate of drug-likeness (QED) is 0.351. The molecule has 2 rings (SSSR count). The molecule has 0 radical (unpaired) electrons. The molecule has 1 aromatic carbocycles. The topological polar surface area (TPSA) is 54.2 Å². The van der Waals surface area contributed by atoms with Gasteiger partial charge in [0, 0.05) is 18.8 Å². The molecule has 5 nitrogen and oxygen atoms in total. The third-order valence-electron chi connectivity index (χ3n) is 3.82. The SMILES string of the molecule is C/C=C/CCNC(=NCc1ccccc1-n1nc(C)cc1C)NCC. The highest BCUT2D eigenvalue weighted by Crippen LogP contribution is 2.17. The third-order valence-corrected chi connectivity index (χ3v) is 3.82. The van der Waals surface area contributed by atoms with Crippen LogP contribution < -0.4 is 10.6 Å². The van der Waals surface area contributed by atoms with Gasteiger partial charge >= 0.3 is 0 Å². The monoisotopic (exact) mass is 339 g/mol. The standard InChI is InChI=1S/C20H29N5/c1-5-7-10-13-22-20(21-6-2)23-15-18-11-8-9-12-19(18)25-17(4)14-16(3)24-25/h5,7-9,11-12,14H,6,10,13,15H2,1-4H3,(H2,21,22,23)/b7-5+. The van der Waals surface area contributed by atoms with E-state index in [0.717, 1.165) is 48.1 Å². The van der Waals surface area contributed by atoms with Crippen LogP contribution in [0.2, 0.25) is 0 Å². The molecule has 0 saturated heterocycles. The van der Waals surface area contributed by atoms with Crippen LogP contribution in [0, 0.1) is 13.8 Å². The van der Waals surface area contributed by atoms with E-state index in [9.17, 15) is 0 Å². The van der Waals surface area contributed by atoms with Crippen LogP contribution in [-0.4, -0.2) is 28.8 Å². The van der Waals surface area contributed by atoms with Crippen LogP contribution in [0.1, 0.15) is 37.2 Å². The van der Waals surface area contributed by atoms with Crippen molar-refractivity contribution >= 4 is 5.96 Å². The summed E-state index contributed by atoms with van der Waals surface area (Å²) in [6, 6.07) is 10.4. The van der Waals surface area contributed by atoms with Gasteiger partial charge in [-0.3, -0.25) is 0 Å². The van der Waals surface area contributed by atoms with Gasteiger partial charge in [0.1, 0.15) is 0 Å². The number of guanidine groups is 1. The number of para-hydroxylation sites is 1. The van der Waals surface area contributed by atoms with Gasteiger partial charge in [-0.2, -0.15) is 5.10 Å². The molecule has 0 fully saturated rings. The molecule has 5 heteroatoms. The normalized spacial score (nSPS) is 11.9. The number of aryl methyl sites for hydroxylation is 2. The Morgan fingerprint density at radius 1 is 1.24 bits per heavy atom. The maximum absolute atomic E-state index is 4.73. The second-order valence-corrected chi connectivity index (χ2v) is 5.95. The van der Waals surface area contributed by atoms with Crippen molar-refractivity contribution in [2.75, 3.05) is 13.1 Å². The van der Waals surface area contributed by atoms with Crippen LogP contribution in [0.3, 0.4) is 0 Å². The van der Waals surface area contributed by atoms with Gasteiger partial charge in [0.05, 0.1) is 17.9 Å². The van der Waals surface area contributed by atoms with Crippen LogP contribution in [-0.2, 0) is 6.54 Å². The number of aromatic nitrogens is 2. The number of hydrogen-bond acceptors (Lipinski definition) is 2. The van der Waals surface area contributed by atoms with E-state index in [1.807, 2.05) is 30.7 Å². The molecule has 25 heavy (non-hydrogen) atoms. The second-order valence-electron chi connectivity index (χ2n) is 5.95. The van der Waals surface area contributed by atoms with Crippen molar-refractivity contribution in [1.29, 1.82) is 0 Å². The van der Waals surface area contributed by atoms with Gasteiger partial charge in [0.25, 0.3) is 0 Å². The van der Waals surface area contributed by atoms with Crippen molar-refractivity contribution in [2.24, 2.45) is 4.99 Å². The van der Waals surface area contributed by atoms with Gasteiger partial charge in [0.2, 0.25) is 0 Å². The first kappa shape index (κ1) is 18.8. The van der Waals surface area contributed by atoms with Crippen LogP contribution in [0.5, 0.6) is 0 Å². The molecule has 1 heterocycles. The second kappa shape index (κ2) is 9.67. The number of allylic oxidation sites excluding steroid dienone is 1. The van der Waals surface area contributed by atoms with Gasteiger partial charge in [0.15, 0.2) is 5.96 Å². The first-order chi connectivity index (χ1) is 12.2. The lowest BCUT2D eigenvalue weighted by Gasteiger charge is -2.12. The minimum Gasteiger partial charge on any atom is -0.357 e. The Kier molecular flexibility index (Phi) is 7.26. The maximum atomic E-state index is 4.73. The fourth-order valence-electron chi connectivity index (χ4n) is 2.67. The Bertz CT molecular complexity index is 727. The van der Waals surface area contributed by atoms with Crippen LogP contribution in [0.25, 0.3) is 5.69 Å². The van der Waals surface area contributed by atoms with Gasteiger partial charge < -0.3 is 10.6 Å². The fourth-order valence-corrected chi connectivity index (χ4v) is 2.67. The molecule has 0 aliphatic rings. The molecular formula is C20H29N5. The van der Waals surface area contributed by atoms with Crippen molar-refractivity contribution < 1.29 is 0 Å². The number of aliphatic imine (C=N–C) groups is 1. The minimum absolute atomic E-state index is 0.605. The summed E-state index contributed by atoms with van der Waals surface area (Å²) >= 11 is 0. The molecular weight excluding hydrogens is 310 g/mol. The van der Waals surface area contributed by atoms with E-state index in [-0.39, 0.29) is 0 Å². The van der Waals surface area contributed by atoms with Crippen LogP contribution >= 0.6 is 0 Å². The van der Waals surface area contributed by atoms with E-state index < -0.39 is 0 Å². The van der Waals surface area contributed by atoms with Crippen LogP contribution in [0.4, 0.5) is 0 Å². The highest BCUT2D eigenvalue weighted by atomic mass is 15.3. The first-order valence-electron chi connectivity index (χ1n) is 8.90. The number of hydrogen-bond donors (Lipinski definition) is 2. The minimum atomic E-state index is 0.605. The molecule has 0 amide bonds. The molecule has 0 saturated carbocycles. The molecule has 0 unspecified atom stereocenters. The van der Waals surface area contributed by atoms with Gasteiger partial charge in [-0.25, -0.2) is 9.67 Å². The van der Waals surface area contributed by atoms with Crippen LogP contribution in [0.15, 0.2) is 47.5 Å². The Balaban J connectivity index is 2.16. The summed E-state index contributed by atoms with van der Waals surface area (Å²) in [5, 5.41) is 11.3. The largest absolute Gasteiger partial charge is 0.357 e. The number of nitrogens with one attached hydrogen (secondary N) is 2. The summed E-state index contributed by atoms with van der Waals surface area (Å²) in [5.74, 6) is 0.843. The van der Waals surface area contributed by atoms with Gasteiger partial charge in [-0.15, -0.1) is 0 Å². The highest BCUT2D eigenvalue weighted by molar-refractivity contribution is 5.79.